The molecule has 0 bridgehead atoms. The molecule has 6 nitrogen and oxygen atoms in total. The van der Waals surface area contributed by atoms with E-state index in [9.17, 15) is 19.4 Å². The Hall–Kier alpha value is -2.48. The van der Waals surface area contributed by atoms with E-state index in [0.29, 0.717) is 11.1 Å². The van der Waals surface area contributed by atoms with Crippen LogP contribution >= 0.6 is 0 Å². The minimum absolute atomic E-state index is 0.0173. The molecule has 0 heterocycles. The summed E-state index contributed by atoms with van der Waals surface area (Å²) in [5.74, 6) is -0.478. The fraction of sp³-hybridized carbons (Fsp3) is 0.278. The first-order valence-electron chi connectivity index (χ1n) is 7.80. The first-order chi connectivity index (χ1) is 12.0. The third kappa shape index (κ3) is 5.53. The summed E-state index contributed by atoms with van der Waals surface area (Å²) >= 11 is 0. The fourth-order valence-electron chi connectivity index (χ4n) is 2.32. The van der Waals surface area contributed by atoms with Crippen molar-refractivity contribution in [3.05, 3.63) is 71.0 Å². The second-order valence-electron chi connectivity index (χ2n) is 5.50. The number of carbonyl (C=O) groups is 1. The number of aliphatic hydroxyl groups is 2. The van der Waals surface area contributed by atoms with Crippen molar-refractivity contribution in [3.63, 3.8) is 0 Å². The third-order valence-corrected chi connectivity index (χ3v) is 3.68. The van der Waals surface area contributed by atoms with Crippen LogP contribution in [0.3, 0.4) is 0 Å². The maximum Gasteiger partial charge on any atom is 0.407 e. The molecule has 0 aliphatic carbocycles. The summed E-state index contributed by atoms with van der Waals surface area (Å²) in [4.78, 5) is 11.7. The number of rotatable bonds is 7. The number of carbonyl (C=O) groups excluding carboxylic acids is 1. The standard InChI is InChI=1S/C18H21FN2O4/c19-14-6-7-15(13(8-14)9-20)17(23)16(22)10-21-18(24)25-11-12-4-2-1-3-5-12/h1-8,16-17,22-23H,9-11,20H2,(H,21,24). The molecule has 0 fully saturated rings. The topological polar surface area (TPSA) is 105 Å². The summed E-state index contributed by atoms with van der Waals surface area (Å²) in [6.07, 6.45) is -3.32. The van der Waals surface area contributed by atoms with Gasteiger partial charge in [-0.1, -0.05) is 36.4 Å². The van der Waals surface area contributed by atoms with Gasteiger partial charge in [0.15, 0.2) is 0 Å². The van der Waals surface area contributed by atoms with Crippen molar-refractivity contribution < 1.29 is 24.1 Å². The zero-order valence-corrected chi connectivity index (χ0v) is 13.6. The number of hydrogen-bond acceptors (Lipinski definition) is 5. The molecule has 2 aromatic carbocycles. The van der Waals surface area contributed by atoms with Gasteiger partial charge in [-0.3, -0.25) is 0 Å². The van der Waals surface area contributed by atoms with Crippen molar-refractivity contribution in [3.8, 4) is 0 Å². The van der Waals surface area contributed by atoms with Crippen LogP contribution in [-0.4, -0.2) is 29.0 Å². The molecule has 2 atom stereocenters. The van der Waals surface area contributed by atoms with E-state index in [0.717, 1.165) is 5.56 Å². The smallest absolute Gasteiger partial charge is 0.407 e. The van der Waals surface area contributed by atoms with E-state index in [1.807, 2.05) is 30.3 Å². The van der Waals surface area contributed by atoms with Gasteiger partial charge in [0.1, 0.15) is 24.6 Å². The van der Waals surface area contributed by atoms with Crippen LogP contribution in [0.5, 0.6) is 0 Å². The highest BCUT2D eigenvalue weighted by molar-refractivity contribution is 5.67. The number of nitrogens with one attached hydrogen (secondary N) is 1. The van der Waals surface area contributed by atoms with Crippen molar-refractivity contribution in [2.75, 3.05) is 6.54 Å². The van der Waals surface area contributed by atoms with Crippen LogP contribution in [-0.2, 0) is 17.9 Å². The molecule has 0 aromatic heterocycles. The number of alkyl carbamates (subject to hydrolysis) is 1. The van der Waals surface area contributed by atoms with Crippen molar-refractivity contribution >= 4 is 6.09 Å². The minimum Gasteiger partial charge on any atom is -0.445 e. The highest BCUT2D eigenvalue weighted by atomic mass is 19.1. The van der Waals surface area contributed by atoms with Gasteiger partial charge in [0.2, 0.25) is 0 Å². The van der Waals surface area contributed by atoms with Crippen LogP contribution in [0.25, 0.3) is 0 Å². The van der Waals surface area contributed by atoms with E-state index in [1.54, 1.807) is 0 Å². The number of hydrogen-bond donors (Lipinski definition) is 4. The maximum atomic E-state index is 13.2. The van der Waals surface area contributed by atoms with E-state index >= 15 is 0 Å². The van der Waals surface area contributed by atoms with Gasteiger partial charge in [-0.05, 0) is 28.8 Å². The monoisotopic (exact) mass is 348 g/mol. The summed E-state index contributed by atoms with van der Waals surface area (Å²) in [5, 5.41) is 22.6. The van der Waals surface area contributed by atoms with E-state index in [4.69, 9.17) is 10.5 Å². The molecule has 0 aliphatic heterocycles. The first-order valence-corrected chi connectivity index (χ1v) is 7.80. The lowest BCUT2D eigenvalue weighted by molar-refractivity contribution is 0.0179. The molecule has 2 unspecified atom stereocenters. The molecule has 134 valence electrons. The largest absolute Gasteiger partial charge is 0.445 e. The molecular weight excluding hydrogens is 327 g/mol. The van der Waals surface area contributed by atoms with Gasteiger partial charge < -0.3 is 26.0 Å². The quantitative estimate of drug-likeness (QED) is 0.608. The van der Waals surface area contributed by atoms with Crippen molar-refractivity contribution in [2.45, 2.75) is 25.4 Å². The van der Waals surface area contributed by atoms with Crippen LogP contribution in [0.1, 0.15) is 22.8 Å². The van der Waals surface area contributed by atoms with Crippen LogP contribution < -0.4 is 11.1 Å². The summed E-state index contributed by atoms with van der Waals surface area (Å²) in [5.41, 5.74) is 7.06. The Bertz CT molecular complexity index is 697. The van der Waals surface area contributed by atoms with Gasteiger partial charge in [-0.15, -0.1) is 0 Å². The van der Waals surface area contributed by atoms with E-state index in [2.05, 4.69) is 5.32 Å². The van der Waals surface area contributed by atoms with Gasteiger partial charge in [-0.25, -0.2) is 9.18 Å². The molecule has 0 aliphatic rings. The molecule has 7 heteroatoms. The maximum absolute atomic E-state index is 13.2. The van der Waals surface area contributed by atoms with Crippen molar-refractivity contribution in [1.29, 1.82) is 0 Å². The van der Waals surface area contributed by atoms with Gasteiger partial charge in [0.05, 0.1) is 0 Å². The lowest BCUT2D eigenvalue weighted by Gasteiger charge is -2.21. The normalized spacial score (nSPS) is 13.1. The highest BCUT2D eigenvalue weighted by Gasteiger charge is 2.22. The fourth-order valence-corrected chi connectivity index (χ4v) is 2.32. The van der Waals surface area contributed by atoms with Crippen LogP contribution in [0.4, 0.5) is 9.18 Å². The number of amides is 1. The molecule has 0 radical (unpaired) electrons. The van der Waals surface area contributed by atoms with Crippen LogP contribution in [0.2, 0.25) is 0 Å². The minimum atomic E-state index is -1.31. The molecular formula is C18H21FN2O4. The Morgan fingerprint density at radius 3 is 2.60 bits per heavy atom. The van der Waals surface area contributed by atoms with Gasteiger partial charge in [0.25, 0.3) is 0 Å². The summed E-state index contributed by atoms with van der Waals surface area (Å²) in [6, 6.07) is 12.9. The molecule has 2 rings (SSSR count). The van der Waals surface area contributed by atoms with Crippen LogP contribution in [0, 0.1) is 5.82 Å². The summed E-state index contributed by atoms with van der Waals surface area (Å²) in [6.45, 7) is -0.111. The van der Waals surface area contributed by atoms with E-state index in [1.165, 1.54) is 18.2 Å². The number of benzene rings is 2. The zero-order chi connectivity index (χ0) is 18.2. The average Bonchev–Trinajstić information content (AvgIpc) is 2.64. The van der Waals surface area contributed by atoms with Crippen molar-refractivity contribution in [2.24, 2.45) is 5.73 Å². The van der Waals surface area contributed by atoms with Crippen LogP contribution in [0.15, 0.2) is 48.5 Å². The molecule has 1 amide bonds. The Labute approximate surface area is 145 Å². The predicted molar refractivity (Wildman–Crippen MR) is 89.9 cm³/mol. The second-order valence-corrected chi connectivity index (χ2v) is 5.50. The number of ether oxygens (including phenoxy) is 1. The van der Waals surface area contributed by atoms with Gasteiger partial charge in [-0.2, -0.15) is 0 Å². The highest BCUT2D eigenvalue weighted by Crippen LogP contribution is 2.22. The lowest BCUT2D eigenvalue weighted by atomic mass is 9.98. The molecule has 25 heavy (non-hydrogen) atoms. The van der Waals surface area contributed by atoms with Gasteiger partial charge >= 0.3 is 6.09 Å². The Morgan fingerprint density at radius 1 is 1.20 bits per heavy atom. The number of nitrogens with two attached hydrogens (primary N) is 1. The predicted octanol–water partition coefficient (Wildman–Crippen LogP) is 1.61. The SMILES string of the molecule is NCc1cc(F)ccc1C(O)C(O)CNC(=O)OCc1ccccc1. The van der Waals surface area contributed by atoms with Gasteiger partial charge in [0, 0.05) is 13.1 Å². The van der Waals surface area contributed by atoms with E-state index < -0.39 is 24.1 Å². The summed E-state index contributed by atoms with van der Waals surface area (Å²) < 4.78 is 18.2. The average molecular weight is 348 g/mol. The molecule has 0 spiro atoms. The number of halogens is 1. The Kier molecular flexibility index (Phi) is 6.88. The zero-order valence-electron chi connectivity index (χ0n) is 13.6. The lowest BCUT2D eigenvalue weighted by Crippen LogP contribution is -2.36. The number of aliphatic hydroxyl groups excluding tert-OH is 2. The van der Waals surface area contributed by atoms with E-state index in [-0.39, 0.29) is 19.7 Å². The molecule has 2 aromatic rings. The molecule has 0 saturated carbocycles. The molecule has 0 saturated heterocycles. The summed E-state index contributed by atoms with van der Waals surface area (Å²) in [7, 11) is 0. The Balaban J connectivity index is 1.84. The third-order valence-electron chi connectivity index (χ3n) is 3.68. The first kappa shape index (κ1) is 18.9. The molecule has 5 N–H and O–H groups in total. The second kappa shape index (κ2) is 9.12. The Morgan fingerprint density at radius 2 is 1.92 bits per heavy atom. The van der Waals surface area contributed by atoms with Crippen molar-refractivity contribution in [1.82, 2.24) is 5.32 Å².